The van der Waals surface area contributed by atoms with Crippen LogP contribution in [0.15, 0.2) is 29.2 Å². The maximum absolute atomic E-state index is 12.1. The summed E-state index contributed by atoms with van der Waals surface area (Å²) >= 11 is 0. The molecular weight excluding hydrogens is 290 g/mol. The lowest BCUT2D eigenvalue weighted by Gasteiger charge is -2.21. The van der Waals surface area contributed by atoms with Crippen molar-refractivity contribution in [3.05, 3.63) is 24.3 Å². The van der Waals surface area contributed by atoms with Crippen LogP contribution in [0.1, 0.15) is 26.7 Å². The fourth-order valence-corrected chi connectivity index (χ4v) is 2.97. The summed E-state index contributed by atoms with van der Waals surface area (Å²) in [6.45, 7) is 3.68. The highest BCUT2D eigenvalue weighted by Crippen LogP contribution is 2.24. The number of rotatable bonds is 6. The molecule has 4 N–H and O–H groups in total. The molecule has 0 heterocycles. The Morgan fingerprint density at radius 3 is 2.62 bits per heavy atom. The number of hydrogen-bond acceptors (Lipinski definition) is 4. The lowest BCUT2D eigenvalue weighted by atomic mass is 9.92. The van der Waals surface area contributed by atoms with Gasteiger partial charge in [-0.25, -0.2) is 13.1 Å². The Labute approximate surface area is 125 Å². The number of nitrogens with two attached hydrogens (primary N) is 1. The molecule has 1 aromatic carbocycles. The standard InChI is InChI=1S/C14H21N3O3S/c1-14(2,9-15)13(18)16-11-4-3-5-12(8-11)21(19,20)17-10-6-7-10/h3-5,8,10,17H,6-7,9,15H2,1-2H3,(H,16,18). The SMILES string of the molecule is CC(C)(CN)C(=O)Nc1cccc(S(=O)(=O)NC2CC2)c1. The van der Waals surface area contributed by atoms with Gasteiger partial charge in [0.1, 0.15) is 0 Å². The predicted octanol–water partition coefficient (Wildman–Crippen LogP) is 1.05. The molecule has 1 aliphatic rings. The van der Waals surface area contributed by atoms with Gasteiger partial charge in [0.15, 0.2) is 0 Å². The molecule has 0 aromatic heterocycles. The van der Waals surface area contributed by atoms with Crippen LogP contribution < -0.4 is 15.8 Å². The molecule has 0 radical (unpaired) electrons. The van der Waals surface area contributed by atoms with Gasteiger partial charge in [-0.15, -0.1) is 0 Å². The van der Waals surface area contributed by atoms with Crippen molar-refractivity contribution < 1.29 is 13.2 Å². The zero-order chi connectivity index (χ0) is 15.7. The zero-order valence-corrected chi connectivity index (χ0v) is 13.0. The van der Waals surface area contributed by atoms with Crippen LogP contribution in [0.3, 0.4) is 0 Å². The van der Waals surface area contributed by atoms with Crippen molar-refractivity contribution in [1.82, 2.24) is 4.72 Å². The van der Waals surface area contributed by atoms with E-state index in [0.717, 1.165) is 12.8 Å². The Morgan fingerprint density at radius 2 is 2.05 bits per heavy atom. The zero-order valence-electron chi connectivity index (χ0n) is 12.2. The fourth-order valence-electron chi connectivity index (χ4n) is 1.62. The molecule has 1 amide bonds. The number of anilines is 1. The van der Waals surface area contributed by atoms with E-state index in [0.29, 0.717) is 5.69 Å². The molecule has 0 atom stereocenters. The van der Waals surface area contributed by atoms with Crippen molar-refractivity contribution in [2.45, 2.75) is 37.6 Å². The normalized spacial score (nSPS) is 15.8. The molecule has 7 heteroatoms. The minimum absolute atomic E-state index is 0.0458. The van der Waals surface area contributed by atoms with Crippen LogP contribution in [0.4, 0.5) is 5.69 Å². The van der Waals surface area contributed by atoms with Gasteiger partial charge in [0, 0.05) is 18.3 Å². The van der Waals surface area contributed by atoms with E-state index in [2.05, 4.69) is 10.0 Å². The Hall–Kier alpha value is -1.44. The van der Waals surface area contributed by atoms with E-state index < -0.39 is 15.4 Å². The number of nitrogens with one attached hydrogen (secondary N) is 2. The van der Waals surface area contributed by atoms with Gasteiger partial charge >= 0.3 is 0 Å². The Balaban J connectivity index is 2.16. The van der Waals surface area contributed by atoms with Gasteiger partial charge in [-0.05, 0) is 44.9 Å². The molecule has 0 bridgehead atoms. The van der Waals surface area contributed by atoms with Crippen molar-refractivity contribution in [3.63, 3.8) is 0 Å². The Kier molecular flexibility index (Phi) is 4.36. The highest BCUT2D eigenvalue weighted by molar-refractivity contribution is 7.89. The third kappa shape index (κ3) is 4.03. The summed E-state index contributed by atoms with van der Waals surface area (Å²) < 4.78 is 26.9. The lowest BCUT2D eigenvalue weighted by molar-refractivity contribution is -0.123. The first-order valence-electron chi connectivity index (χ1n) is 6.88. The molecule has 0 unspecified atom stereocenters. The van der Waals surface area contributed by atoms with Crippen molar-refractivity contribution in [1.29, 1.82) is 0 Å². The summed E-state index contributed by atoms with van der Waals surface area (Å²) in [4.78, 5) is 12.2. The monoisotopic (exact) mass is 311 g/mol. The van der Waals surface area contributed by atoms with Crippen LogP contribution in [0.5, 0.6) is 0 Å². The predicted molar refractivity (Wildman–Crippen MR) is 81.3 cm³/mol. The van der Waals surface area contributed by atoms with Crippen molar-refractivity contribution >= 4 is 21.6 Å². The Bertz CT molecular complexity index is 637. The maximum atomic E-state index is 12.1. The molecular formula is C14H21N3O3S. The van der Waals surface area contributed by atoms with Gasteiger partial charge in [-0.2, -0.15) is 0 Å². The first-order valence-corrected chi connectivity index (χ1v) is 8.37. The van der Waals surface area contributed by atoms with Gasteiger partial charge in [-0.3, -0.25) is 4.79 Å². The topological polar surface area (TPSA) is 101 Å². The number of benzene rings is 1. The lowest BCUT2D eigenvalue weighted by Crippen LogP contribution is -2.37. The van der Waals surface area contributed by atoms with E-state index >= 15 is 0 Å². The minimum Gasteiger partial charge on any atom is -0.329 e. The summed E-state index contributed by atoms with van der Waals surface area (Å²) in [5.74, 6) is -0.241. The van der Waals surface area contributed by atoms with Gasteiger partial charge in [0.05, 0.1) is 10.3 Å². The maximum Gasteiger partial charge on any atom is 0.240 e. The number of hydrogen-bond donors (Lipinski definition) is 3. The molecule has 6 nitrogen and oxygen atoms in total. The summed E-state index contributed by atoms with van der Waals surface area (Å²) in [5, 5.41) is 2.70. The van der Waals surface area contributed by atoms with E-state index in [4.69, 9.17) is 5.73 Å². The fraction of sp³-hybridized carbons (Fsp3) is 0.500. The number of sulfonamides is 1. The molecule has 1 saturated carbocycles. The van der Waals surface area contributed by atoms with E-state index in [-0.39, 0.29) is 23.4 Å². The summed E-state index contributed by atoms with van der Waals surface area (Å²) in [7, 11) is -3.52. The Morgan fingerprint density at radius 1 is 1.38 bits per heavy atom. The van der Waals surface area contributed by atoms with E-state index in [9.17, 15) is 13.2 Å². The molecule has 0 aliphatic heterocycles. The molecule has 1 aliphatic carbocycles. The molecule has 116 valence electrons. The molecule has 2 rings (SSSR count). The van der Waals surface area contributed by atoms with Gasteiger partial charge in [0.25, 0.3) is 0 Å². The summed E-state index contributed by atoms with van der Waals surface area (Å²) in [5.41, 5.74) is 5.29. The van der Waals surface area contributed by atoms with Crippen LogP contribution >= 0.6 is 0 Å². The molecule has 1 fully saturated rings. The van der Waals surface area contributed by atoms with Gasteiger partial charge in [-0.1, -0.05) is 6.07 Å². The van der Waals surface area contributed by atoms with Gasteiger partial charge < -0.3 is 11.1 Å². The van der Waals surface area contributed by atoms with Gasteiger partial charge in [0.2, 0.25) is 15.9 Å². The van der Waals surface area contributed by atoms with E-state index in [1.54, 1.807) is 26.0 Å². The first kappa shape index (κ1) is 15.9. The summed E-state index contributed by atoms with van der Waals surface area (Å²) in [6.07, 6.45) is 1.75. The minimum atomic E-state index is -3.52. The van der Waals surface area contributed by atoms with Crippen molar-refractivity contribution in [3.8, 4) is 0 Å². The second-order valence-corrected chi connectivity index (χ2v) is 7.68. The molecule has 21 heavy (non-hydrogen) atoms. The molecule has 1 aromatic rings. The van der Waals surface area contributed by atoms with Crippen LogP contribution in [0.2, 0.25) is 0 Å². The molecule has 0 saturated heterocycles. The summed E-state index contributed by atoms with van der Waals surface area (Å²) in [6, 6.07) is 6.26. The largest absolute Gasteiger partial charge is 0.329 e. The van der Waals surface area contributed by atoms with Crippen LogP contribution in [0.25, 0.3) is 0 Å². The van der Waals surface area contributed by atoms with E-state index in [1.807, 2.05) is 0 Å². The van der Waals surface area contributed by atoms with Crippen LogP contribution in [-0.4, -0.2) is 26.9 Å². The smallest absolute Gasteiger partial charge is 0.240 e. The van der Waals surface area contributed by atoms with Crippen LogP contribution in [0, 0.1) is 5.41 Å². The van der Waals surface area contributed by atoms with Crippen molar-refractivity contribution in [2.75, 3.05) is 11.9 Å². The highest BCUT2D eigenvalue weighted by atomic mass is 32.2. The van der Waals surface area contributed by atoms with Crippen molar-refractivity contribution in [2.24, 2.45) is 11.1 Å². The highest BCUT2D eigenvalue weighted by Gasteiger charge is 2.29. The third-order valence-electron chi connectivity index (χ3n) is 3.43. The quantitative estimate of drug-likeness (QED) is 0.731. The third-order valence-corrected chi connectivity index (χ3v) is 4.94. The van der Waals surface area contributed by atoms with E-state index in [1.165, 1.54) is 12.1 Å². The second-order valence-electron chi connectivity index (χ2n) is 5.97. The molecule has 0 spiro atoms. The first-order chi connectivity index (χ1) is 9.74. The second kappa shape index (κ2) is 5.75. The average molecular weight is 311 g/mol. The van der Waals surface area contributed by atoms with Crippen LogP contribution in [-0.2, 0) is 14.8 Å². The number of amides is 1. The number of carbonyl (C=O) groups is 1. The average Bonchev–Trinajstić information content (AvgIpc) is 3.22. The number of carbonyl (C=O) groups excluding carboxylic acids is 1.